The van der Waals surface area contributed by atoms with Crippen molar-refractivity contribution in [3.05, 3.63) is 34.6 Å². The fraction of sp³-hybridized carbons (Fsp3) is 0.364. The van der Waals surface area contributed by atoms with Crippen LogP contribution in [0.2, 0.25) is 0 Å². The smallest absolute Gasteiger partial charge is 0.249 e. The summed E-state index contributed by atoms with van der Waals surface area (Å²) in [7, 11) is 0. The Kier molecular flexibility index (Phi) is 3.62. The van der Waals surface area contributed by atoms with Gasteiger partial charge in [-0.05, 0) is 42.7 Å². The van der Waals surface area contributed by atoms with Crippen molar-refractivity contribution in [3.8, 4) is 0 Å². The molecule has 0 bridgehead atoms. The zero-order valence-electron chi connectivity index (χ0n) is 9.07. The molecule has 5 heteroatoms. The van der Waals surface area contributed by atoms with Gasteiger partial charge in [0.15, 0.2) is 6.10 Å². The molecule has 0 aliphatic carbocycles. The van der Waals surface area contributed by atoms with Crippen LogP contribution < -0.4 is 5.73 Å². The molecule has 0 aromatic heterocycles. The minimum Gasteiger partial charge on any atom is -0.385 e. The van der Waals surface area contributed by atoms with E-state index >= 15 is 0 Å². The number of carbonyl (C=O) groups is 1. The Balaban J connectivity index is 3.18. The molecule has 2 unspecified atom stereocenters. The average Bonchev–Trinajstić information content (AvgIpc) is 2.14. The lowest BCUT2D eigenvalue weighted by Crippen LogP contribution is -2.34. The van der Waals surface area contributed by atoms with Gasteiger partial charge in [0, 0.05) is 0 Å². The van der Waals surface area contributed by atoms with Crippen LogP contribution in [-0.2, 0) is 4.79 Å². The van der Waals surface area contributed by atoms with E-state index in [4.69, 9.17) is 5.73 Å². The van der Waals surface area contributed by atoms with E-state index in [-0.39, 0.29) is 0 Å². The first-order chi connectivity index (χ1) is 7.34. The Morgan fingerprint density at radius 3 is 2.12 bits per heavy atom. The van der Waals surface area contributed by atoms with Gasteiger partial charge < -0.3 is 15.9 Å². The van der Waals surface area contributed by atoms with Gasteiger partial charge >= 0.3 is 0 Å². The fourth-order valence-electron chi connectivity index (χ4n) is 1.70. The van der Waals surface area contributed by atoms with E-state index in [0.717, 1.165) is 0 Å². The van der Waals surface area contributed by atoms with Crippen LogP contribution in [-0.4, -0.2) is 22.2 Å². The molecule has 0 heterocycles. The van der Waals surface area contributed by atoms with Crippen LogP contribution in [0.1, 0.15) is 22.8 Å². The van der Waals surface area contributed by atoms with E-state index in [2.05, 4.69) is 0 Å². The lowest BCUT2D eigenvalue weighted by atomic mass is 9.94. The molecule has 1 aromatic rings. The highest BCUT2D eigenvalue weighted by molar-refractivity contribution is 5.79. The number of nitrogens with two attached hydrogens (primary N) is 1. The highest BCUT2D eigenvalue weighted by Crippen LogP contribution is 2.25. The number of hydrogen-bond donors (Lipinski definition) is 3. The maximum absolute atomic E-state index is 13.0. The van der Waals surface area contributed by atoms with Crippen LogP contribution in [0.25, 0.3) is 0 Å². The predicted octanol–water partition coefficient (Wildman–Crippen LogP) is 0.322. The number of aliphatic hydroxyl groups is 2. The summed E-state index contributed by atoms with van der Waals surface area (Å²) in [4.78, 5) is 10.7. The number of hydrogen-bond acceptors (Lipinski definition) is 3. The number of carbonyl (C=O) groups excluding carboxylic acids is 1. The first-order valence-electron chi connectivity index (χ1n) is 4.76. The first-order valence-corrected chi connectivity index (χ1v) is 4.76. The van der Waals surface area contributed by atoms with Crippen LogP contribution in [0, 0.1) is 19.7 Å². The van der Waals surface area contributed by atoms with Gasteiger partial charge in [0.1, 0.15) is 11.9 Å². The van der Waals surface area contributed by atoms with Crippen LogP contribution >= 0.6 is 0 Å². The molecule has 1 rings (SSSR count). The monoisotopic (exact) mass is 227 g/mol. The van der Waals surface area contributed by atoms with E-state index < -0.39 is 23.9 Å². The summed E-state index contributed by atoms with van der Waals surface area (Å²) in [6.45, 7) is 3.17. The summed E-state index contributed by atoms with van der Waals surface area (Å²) in [5.41, 5.74) is 6.13. The Morgan fingerprint density at radius 1 is 1.31 bits per heavy atom. The minimum atomic E-state index is -1.69. The number of aliphatic hydroxyl groups excluding tert-OH is 2. The Morgan fingerprint density at radius 2 is 1.75 bits per heavy atom. The Labute approximate surface area is 92.5 Å². The minimum absolute atomic E-state index is 0.327. The predicted molar refractivity (Wildman–Crippen MR) is 56.0 cm³/mol. The second-order valence-corrected chi connectivity index (χ2v) is 3.75. The highest BCUT2D eigenvalue weighted by atomic mass is 19.1. The zero-order valence-corrected chi connectivity index (χ0v) is 9.07. The molecule has 0 aliphatic rings. The number of aryl methyl sites for hydroxylation is 2. The van der Waals surface area contributed by atoms with Gasteiger partial charge in [0.05, 0.1) is 0 Å². The van der Waals surface area contributed by atoms with Gasteiger partial charge in [0.2, 0.25) is 5.91 Å². The second kappa shape index (κ2) is 4.59. The normalized spacial score (nSPS) is 14.6. The van der Waals surface area contributed by atoms with E-state index in [1.54, 1.807) is 13.8 Å². The number of primary amides is 1. The second-order valence-electron chi connectivity index (χ2n) is 3.75. The number of rotatable bonds is 3. The van der Waals surface area contributed by atoms with Crippen molar-refractivity contribution in [3.63, 3.8) is 0 Å². The van der Waals surface area contributed by atoms with Crippen molar-refractivity contribution in [1.82, 2.24) is 0 Å². The molecule has 0 spiro atoms. The molecule has 0 aliphatic heterocycles. The van der Waals surface area contributed by atoms with Crippen molar-refractivity contribution >= 4 is 5.91 Å². The van der Waals surface area contributed by atoms with Crippen LogP contribution in [0.5, 0.6) is 0 Å². The molecule has 16 heavy (non-hydrogen) atoms. The largest absolute Gasteiger partial charge is 0.385 e. The molecular weight excluding hydrogens is 213 g/mol. The van der Waals surface area contributed by atoms with Gasteiger partial charge in [0.25, 0.3) is 0 Å². The van der Waals surface area contributed by atoms with Crippen molar-refractivity contribution in [2.24, 2.45) is 5.73 Å². The van der Waals surface area contributed by atoms with Crippen molar-refractivity contribution in [2.45, 2.75) is 26.1 Å². The van der Waals surface area contributed by atoms with Gasteiger partial charge in [-0.15, -0.1) is 0 Å². The molecule has 0 fully saturated rings. The summed E-state index contributed by atoms with van der Waals surface area (Å²) in [6, 6.07) is 2.44. The third-order valence-electron chi connectivity index (χ3n) is 2.44. The van der Waals surface area contributed by atoms with Crippen LogP contribution in [0.15, 0.2) is 12.1 Å². The topological polar surface area (TPSA) is 83.6 Å². The third-order valence-corrected chi connectivity index (χ3v) is 2.44. The third kappa shape index (κ3) is 2.37. The number of benzene rings is 1. The standard InChI is InChI=1S/C11H14FNO3/c1-5-3-7(12)4-6(2)8(5)9(14)10(15)11(13)16/h3-4,9-10,14-15H,1-2H3,(H2,13,16). The molecular formula is C11H14FNO3. The molecule has 1 amide bonds. The van der Waals surface area contributed by atoms with Gasteiger partial charge in [-0.25, -0.2) is 4.39 Å². The molecule has 2 atom stereocenters. The number of amides is 1. The van der Waals surface area contributed by atoms with Crippen molar-refractivity contribution in [2.75, 3.05) is 0 Å². The molecule has 1 aromatic carbocycles. The quantitative estimate of drug-likeness (QED) is 0.695. The van der Waals surface area contributed by atoms with E-state index in [1.165, 1.54) is 12.1 Å². The molecule has 0 saturated heterocycles. The van der Waals surface area contributed by atoms with E-state index in [0.29, 0.717) is 16.7 Å². The summed E-state index contributed by atoms with van der Waals surface area (Å²) in [6.07, 6.45) is -3.12. The summed E-state index contributed by atoms with van der Waals surface area (Å²) >= 11 is 0. The van der Waals surface area contributed by atoms with Crippen LogP contribution in [0.3, 0.4) is 0 Å². The summed E-state index contributed by atoms with van der Waals surface area (Å²) < 4.78 is 13.0. The van der Waals surface area contributed by atoms with Gasteiger partial charge in [-0.3, -0.25) is 4.79 Å². The molecule has 88 valence electrons. The SMILES string of the molecule is Cc1cc(F)cc(C)c1C(O)C(O)C(N)=O. The maximum Gasteiger partial charge on any atom is 0.249 e. The summed E-state index contributed by atoms with van der Waals surface area (Å²) in [5.74, 6) is -1.45. The van der Waals surface area contributed by atoms with Crippen molar-refractivity contribution in [1.29, 1.82) is 0 Å². The molecule has 4 N–H and O–H groups in total. The van der Waals surface area contributed by atoms with E-state index in [1.807, 2.05) is 0 Å². The van der Waals surface area contributed by atoms with Crippen molar-refractivity contribution < 1.29 is 19.4 Å². The lowest BCUT2D eigenvalue weighted by Gasteiger charge is -2.19. The van der Waals surface area contributed by atoms with Gasteiger partial charge in [-0.1, -0.05) is 0 Å². The Hall–Kier alpha value is -1.46. The lowest BCUT2D eigenvalue weighted by molar-refractivity contribution is -0.132. The summed E-state index contributed by atoms with van der Waals surface area (Å²) in [5, 5.41) is 19.1. The number of halogens is 1. The van der Waals surface area contributed by atoms with Gasteiger partial charge in [-0.2, -0.15) is 0 Å². The molecule has 0 radical (unpaired) electrons. The molecule has 4 nitrogen and oxygen atoms in total. The molecule has 0 saturated carbocycles. The first kappa shape index (κ1) is 12.6. The zero-order chi connectivity index (χ0) is 12.5. The fourth-order valence-corrected chi connectivity index (χ4v) is 1.70. The van der Waals surface area contributed by atoms with E-state index in [9.17, 15) is 19.4 Å². The average molecular weight is 227 g/mol. The van der Waals surface area contributed by atoms with Crippen LogP contribution in [0.4, 0.5) is 4.39 Å². The maximum atomic E-state index is 13.0. The highest BCUT2D eigenvalue weighted by Gasteiger charge is 2.26. The Bertz CT molecular complexity index is 397.